The van der Waals surface area contributed by atoms with Crippen LogP contribution in [0.1, 0.15) is 0 Å². The van der Waals surface area contributed by atoms with Gasteiger partial charge in [0.2, 0.25) is 0 Å². The minimum absolute atomic E-state index is 0.666. The van der Waals surface area contributed by atoms with Gasteiger partial charge < -0.3 is 5.73 Å². The number of thiophene rings is 1. The lowest BCUT2D eigenvalue weighted by Crippen LogP contribution is -1.91. The lowest BCUT2D eigenvalue weighted by atomic mass is 10.4. The molecule has 0 aliphatic heterocycles. The first-order valence-corrected chi connectivity index (χ1v) is 6.61. The van der Waals surface area contributed by atoms with Gasteiger partial charge in [-0.25, -0.2) is 15.0 Å². The van der Waals surface area contributed by atoms with Gasteiger partial charge in [0.1, 0.15) is 21.2 Å². The van der Waals surface area contributed by atoms with Gasteiger partial charge in [0, 0.05) is 11.6 Å². The molecule has 17 heavy (non-hydrogen) atoms. The van der Waals surface area contributed by atoms with Crippen molar-refractivity contribution in [1.82, 2.24) is 15.0 Å². The summed E-state index contributed by atoms with van der Waals surface area (Å²) in [7, 11) is 0. The summed E-state index contributed by atoms with van der Waals surface area (Å²) < 4.78 is 0. The molecule has 3 aromatic heterocycles. The van der Waals surface area contributed by atoms with Crippen LogP contribution in [0.25, 0.3) is 10.2 Å². The number of anilines is 1. The van der Waals surface area contributed by atoms with E-state index in [9.17, 15) is 0 Å². The van der Waals surface area contributed by atoms with Gasteiger partial charge in [-0.1, -0.05) is 0 Å². The molecule has 2 N–H and O–H groups in total. The van der Waals surface area contributed by atoms with Gasteiger partial charge >= 0.3 is 0 Å². The number of hydrogen-bond donors (Lipinski definition) is 1. The van der Waals surface area contributed by atoms with Crippen LogP contribution in [0, 0.1) is 0 Å². The van der Waals surface area contributed by atoms with Crippen LogP contribution in [0.2, 0.25) is 0 Å². The van der Waals surface area contributed by atoms with E-state index in [0.29, 0.717) is 5.69 Å². The molecule has 0 unspecified atom stereocenters. The number of nitrogens with zero attached hydrogens (tertiary/aromatic N) is 3. The second-order valence-electron chi connectivity index (χ2n) is 3.32. The van der Waals surface area contributed by atoms with Gasteiger partial charge in [-0.3, -0.25) is 0 Å². The molecule has 0 fully saturated rings. The average Bonchev–Trinajstić information content (AvgIpc) is 2.81. The number of nitrogen functional groups attached to an aromatic ring is 1. The molecule has 0 atom stereocenters. The maximum Gasteiger partial charge on any atom is 0.127 e. The molecule has 0 aromatic carbocycles. The fourth-order valence-corrected chi connectivity index (χ4v) is 3.08. The minimum atomic E-state index is 0.666. The van der Waals surface area contributed by atoms with Crippen molar-refractivity contribution in [2.24, 2.45) is 0 Å². The maximum atomic E-state index is 5.86. The van der Waals surface area contributed by atoms with Crippen LogP contribution in [0.3, 0.4) is 0 Å². The summed E-state index contributed by atoms with van der Waals surface area (Å²) in [6.07, 6.45) is 3.30. The van der Waals surface area contributed by atoms with Crippen LogP contribution in [-0.2, 0) is 0 Å². The predicted molar refractivity (Wildman–Crippen MR) is 70.2 cm³/mol. The van der Waals surface area contributed by atoms with Crippen molar-refractivity contribution in [3.8, 4) is 0 Å². The fourth-order valence-electron chi connectivity index (χ4n) is 1.43. The van der Waals surface area contributed by atoms with Gasteiger partial charge in [-0.15, -0.1) is 11.3 Å². The number of rotatable bonds is 2. The monoisotopic (exact) mass is 260 g/mol. The molecule has 84 valence electrons. The Morgan fingerprint density at radius 1 is 1.12 bits per heavy atom. The SMILES string of the molecule is Nc1cccnc1Sc1ncnc2sccc12. The van der Waals surface area contributed by atoms with Crippen molar-refractivity contribution in [1.29, 1.82) is 0 Å². The highest BCUT2D eigenvalue weighted by Crippen LogP contribution is 2.33. The molecule has 0 radical (unpaired) electrons. The van der Waals surface area contributed by atoms with E-state index in [1.807, 2.05) is 23.6 Å². The highest BCUT2D eigenvalue weighted by Gasteiger charge is 2.09. The van der Waals surface area contributed by atoms with E-state index < -0.39 is 0 Å². The number of aromatic nitrogens is 3. The smallest absolute Gasteiger partial charge is 0.127 e. The van der Waals surface area contributed by atoms with Crippen LogP contribution in [0.4, 0.5) is 5.69 Å². The zero-order valence-electron chi connectivity index (χ0n) is 8.70. The standard InChI is InChI=1S/C11H8N4S2/c12-8-2-1-4-13-11(8)17-10-7-3-5-16-9(7)14-6-15-10/h1-6H,12H2. The fraction of sp³-hybridized carbons (Fsp3) is 0. The molecule has 4 nitrogen and oxygen atoms in total. The van der Waals surface area contributed by atoms with Crippen LogP contribution >= 0.6 is 23.1 Å². The van der Waals surface area contributed by atoms with E-state index in [2.05, 4.69) is 15.0 Å². The highest BCUT2D eigenvalue weighted by molar-refractivity contribution is 7.99. The Kier molecular flexibility index (Phi) is 2.66. The van der Waals surface area contributed by atoms with E-state index in [-0.39, 0.29) is 0 Å². The Labute approximate surface area is 106 Å². The number of hydrogen-bond acceptors (Lipinski definition) is 6. The molecule has 0 aliphatic carbocycles. The summed E-state index contributed by atoms with van der Waals surface area (Å²) in [6.45, 7) is 0. The van der Waals surface area contributed by atoms with Gasteiger partial charge in [-0.05, 0) is 35.3 Å². The normalized spacial score (nSPS) is 10.8. The molecule has 3 heterocycles. The molecule has 0 bridgehead atoms. The lowest BCUT2D eigenvalue weighted by molar-refractivity contribution is 1.09. The Morgan fingerprint density at radius 3 is 2.94 bits per heavy atom. The third kappa shape index (κ3) is 1.96. The summed E-state index contributed by atoms with van der Waals surface area (Å²) in [5.41, 5.74) is 6.53. The van der Waals surface area contributed by atoms with Gasteiger partial charge in [0.25, 0.3) is 0 Å². The second kappa shape index (κ2) is 4.31. The van der Waals surface area contributed by atoms with Crippen molar-refractivity contribution in [2.75, 3.05) is 5.73 Å². The number of pyridine rings is 1. The Balaban J connectivity index is 2.06. The number of fused-ring (bicyclic) bond motifs is 1. The van der Waals surface area contributed by atoms with Crippen LogP contribution in [-0.4, -0.2) is 15.0 Å². The van der Waals surface area contributed by atoms with E-state index in [4.69, 9.17) is 5.73 Å². The zero-order valence-corrected chi connectivity index (χ0v) is 10.3. The van der Waals surface area contributed by atoms with Crippen LogP contribution in [0.5, 0.6) is 0 Å². The zero-order chi connectivity index (χ0) is 11.7. The molecule has 0 aliphatic rings. The Morgan fingerprint density at radius 2 is 2.06 bits per heavy atom. The average molecular weight is 260 g/mol. The second-order valence-corrected chi connectivity index (χ2v) is 5.19. The third-order valence-electron chi connectivity index (χ3n) is 2.22. The third-order valence-corrected chi connectivity index (χ3v) is 4.09. The molecule has 0 saturated carbocycles. The van der Waals surface area contributed by atoms with Gasteiger partial charge in [0.05, 0.1) is 5.69 Å². The van der Waals surface area contributed by atoms with Crippen molar-refractivity contribution >= 4 is 39.0 Å². The van der Waals surface area contributed by atoms with E-state index in [1.165, 1.54) is 11.8 Å². The summed E-state index contributed by atoms with van der Waals surface area (Å²) in [4.78, 5) is 13.7. The molecular formula is C11H8N4S2. The summed E-state index contributed by atoms with van der Waals surface area (Å²) in [5.74, 6) is 0. The number of nitrogens with two attached hydrogens (primary N) is 1. The van der Waals surface area contributed by atoms with E-state index in [1.54, 1.807) is 23.9 Å². The van der Waals surface area contributed by atoms with Crippen molar-refractivity contribution in [2.45, 2.75) is 10.1 Å². The molecule has 0 saturated heterocycles. The van der Waals surface area contributed by atoms with Crippen LogP contribution < -0.4 is 5.73 Å². The van der Waals surface area contributed by atoms with Gasteiger partial charge in [-0.2, -0.15) is 0 Å². The summed E-state index contributed by atoms with van der Waals surface area (Å²) in [5, 5.41) is 4.72. The van der Waals surface area contributed by atoms with Gasteiger partial charge in [0.15, 0.2) is 0 Å². The molecule has 0 amide bonds. The molecule has 3 aromatic rings. The lowest BCUT2D eigenvalue weighted by Gasteiger charge is -2.03. The van der Waals surface area contributed by atoms with Crippen molar-refractivity contribution < 1.29 is 0 Å². The quantitative estimate of drug-likeness (QED) is 0.718. The Bertz CT molecular complexity index is 665. The minimum Gasteiger partial charge on any atom is -0.397 e. The van der Waals surface area contributed by atoms with Crippen molar-refractivity contribution in [3.63, 3.8) is 0 Å². The topological polar surface area (TPSA) is 64.7 Å². The first kappa shape index (κ1) is 10.5. The predicted octanol–water partition coefficient (Wildman–Crippen LogP) is 2.82. The Hall–Kier alpha value is -1.66. The summed E-state index contributed by atoms with van der Waals surface area (Å²) in [6, 6.07) is 5.67. The van der Waals surface area contributed by atoms with Crippen LogP contribution in [0.15, 0.2) is 46.2 Å². The maximum absolute atomic E-state index is 5.86. The molecule has 6 heteroatoms. The first-order valence-electron chi connectivity index (χ1n) is 4.91. The van der Waals surface area contributed by atoms with Crippen molar-refractivity contribution in [3.05, 3.63) is 36.1 Å². The summed E-state index contributed by atoms with van der Waals surface area (Å²) >= 11 is 3.07. The van der Waals surface area contributed by atoms with E-state index in [0.717, 1.165) is 20.3 Å². The molecular weight excluding hydrogens is 252 g/mol. The first-order chi connectivity index (χ1) is 8.34. The molecule has 3 rings (SSSR count). The highest BCUT2D eigenvalue weighted by atomic mass is 32.2. The largest absolute Gasteiger partial charge is 0.397 e. The molecule has 0 spiro atoms. The van der Waals surface area contributed by atoms with E-state index >= 15 is 0 Å².